The van der Waals surface area contributed by atoms with E-state index in [1.54, 1.807) is 7.11 Å². The second-order valence-corrected chi connectivity index (χ2v) is 4.29. The summed E-state index contributed by atoms with van der Waals surface area (Å²) in [6.45, 7) is 3.90. The fourth-order valence-electron chi connectivity index (χ4n) is 1.28. The van der Waals surface area contributed by atoms with E-state index >= 15 is 0 Å². The molecule has 0 heterocycles. The number of carboxylic acid groups (broad SMARTS) is 1. The maximum absolute atomic E-state index is 10.4. The van der Waals surface area contributed by atoms with Crippen molar-refractivity contribution in [3.8, 4) is 5.75 Å². The molecule has 1 aromatic carbocycles. The summed E-state index contributed by atoms with van der Waals surface area (Å²) in [4.78, 5) is 11.4. The molecule has 0 spiro atoms. The minimum atomic E-state index is -0.798. The summed E-state index contributed by atoms with van der Waals surface area (Å²) in [6, 6.07) is 3.89. The Kier molecular flexibility index (Phi) is 4.03. The fourth-order valence-corrected chi connectivity index (χ4v) is 2.10. The van der Waals surface area contributed by atoms with Crippen LogP contribution in [0.25, 0.3) is 0 Å². The first kappa shape index (κ1) is 11.9. The molecule has 0 bridgehead atoms. The third-order valence-electron chi connectivity index (χ3n) is 2.04. The molecule has 0 aliphatic heterocycles. The Bertz CT molecular complexity index is 374. The molecule has 0 unspecified atom stereocenters. The number of methoxy groups -OCH3 is 1. The number of thioether (sulfide) groups is 1. The number of hydrogen-bond donors (Lipinski definition) is 1. The quantitative estimate of drug-likeness (QED) is 0.801. The van der Waals surface area contributed by atoms with Crippen LogP contribution in [0.1, 0.15) is 11.1 Å². The molecule has 0 radical (unpaired) electrons. The summed E-state index contributed by atoms with van der Waals surface area (Å²) < 4.78 is 5.18. The van der Waals surface area contributed by atoms with E-state index in [9.17, 15) is 4.79 Å². The average molecular weight is 226 g/mol. The lowest BCUT2D eigenvalue weighted by Crippen LogP contribution is -1.98. The minimum Gasteiger partial charge on any atom is -0.496 e. The Hall–Kier alpha value is -1.16. The van der Waals surface area contributed by atoms with Gasteiger partial charge in [0.1, 0.15) is 5.75 Å². The van der Waals surface area contributed by atoms with Gasteiger partial charge >= 0.3 is 5.97 Å². The second kappa shape index (κ2) is 5.07. The predicted molar refractivity (Wildman–Crippen MR) is 60.8 cm³/mol. The zero-order valence-corrected chi connectivity index (χ0v) is 9.85. The number of benzene rings is 1. The van der Waals surface area contributed by atoms with Crippen molar-refractivity contribution in [3.05, 3.63) is 23.3 Å². The molecule has 1 N–H and O–H groups in total. The molecule has 0 aliphatic rings. The molecule has 0 atom stereocenters. The van der Waals surface area contributed by atoms with Gasteiger partial charge in [0.05, 0.1) is 12.9 Å². The maximum Gasteiger partial charge on any atom is 0.313 e. The van der Waals surface area contributed by atoms with E-state index < -0.39 is 5.97 Å². The highest BCUT2D eigenvalue weighted by Crippen LogP contribution is 2.29. The number of rotatable bonds is 4. The minimum absolute atomic E-state index is 0.0899. The van der Waals surface area contributed by atoms with E-state index in [4.69, 9.17) is 9.84 Å². The summed E-state index contributed by atoms with van der Waals surface area (Å²) in [5.74, 6) is 0.132. The van der Waals surface area contributed by atoms with Gasteiger partial charge in [-0.2, -0.15) is 0 Å². The van der Waals surface area contributed by atoms with E-state index in [-0.39, 0.29) is 5.75 Å². The van der Waals surface area contributed by atoms with Crippen molar-refractivity contribution in [3.63, 3.8) is 0 Å². The third-order valence-corrected chi connectivity index (χ3v) is 3.19. The lowest BCUT2D eigenvalue weighted by molar-refractivity contribution is -0.133. The molecule has 4 heteroatoms. The smallest absolute Gasteiger partial charge is 0.313 e. The molecule has 15 heavy (non-hydrogen) atoms. The van der Waals surface area contributed by atoms with Crippen molar-refractivity contribution < 1.29 is 14.6 Å². The van der Waals surface area contributed by atoms with Crippen molar-refractivity contribution in [2.75, 3.05) is 12.9 Å². The lowest BCUT2D eigenvalue weighted by atomic mass is 10.1. The van der Waals surface area contributed by atoms with Crippen LogP contribution in [0.5, 0.6) is 5.75 Å². The Balaban J connectivity index is 2.90. The molecule has 1 aromatic rings. The molecule has 0 amide bonds. The van der Waals surface area contributed by atoms with Gasteiger partial charge in [-0.3, -0.25) is 4.79 Å². The molecule has 0 fully saturated rings. The zero-order chi connectivity index (χ0) is 11.4. The second-order valence-electron chi connectivity index (χ2n) is 3.27. The van der Waals surface area contributed by atoms with Crippen molar-refractivity contribution >= 4 is 17.7 Å². The summed E-state index contributed by atoms with van der Waals surface area (Å²) in [6.07, 6.45) is 0. The van der Waals surface area contributed by atoms with Gasteiger partial charge in [0, 0.05) is 4.90 Å². The molecular formula is C11H14O3S. The Morgan fingerprint density at radius 1 is 1.40 bits per heavy atom. The van der Waals surface area contributed by atoms with Crippen LogP contribution in [-0.2, 0) is 4.79 Å². The van der Waals surface area contributed by atoms with Crippen molar-refractivity contribution in [2.45, 2.75) is 18.7 Å². The first-order valence-electron chi connectivity index (χ1n) is 4.54. The van der Waals surface area contributed by atoms with Gasteiger partial charge in [-0.25, -0.2) is 0 Å². The molecule has 1 rings (SSSR count). The van der Waals surface area contributed by atoms with E-state index in [0.717, 1.165) is 21.8 Å². The lowest BCUT2D eigenvalue weighted by Gasteiger charge is -2.09. The maximum atomic E-state index is 10.4. The fraction of sp³-hybridized carbons (Fsp3) is 0.364. The van der Waals surface area contributed by atoms with Crippen LogP contribution in [0, 0.1) is 13.8 Å². The van der Waals surface area contributed by atoms with Crippen molar-refractivity contribution in [1.29, 1.82) is 0 Å². The third kappa shape index (κ3) is 3.16. The van der Waals surface area contributed by atoms with Gasteiger partial charge in [0.2, 0.25) is 0 Å². The first-order chi connectivity index (χ1) is 7.04. The van der Waals surface area contributed by atoms with Crippen LogP contribution in [0.4, 0.5) is 0 Å². The van der Waals surface area contributed by atoms with Crippen LogP contribution in [0.15, 0.2) is 17.0 Å². The van der Waals surface area contributed by atoms with Crippen LogP contribution in [0.3, 0.4) is 0 Å². The van der Waals surface area contributed by atoms with Crippen LogP contribution < -0.4 is 4.74 Å². The first-order valence-corrected chi connectivity index (χ1v) is 5.53. The van der Waals surface area contributed by atoms with E-state index in [1.807, 2.05) is 26.0 Å². The predicted octanol–water partition coefficient (Wildman–Crippen LogP) is 2.49. The number of aryl methyl sites for hydroxylation is 2. The highest BCUT2D eigenvalue weighted by molar-refractivity contribution is 8.00. The monoisotopic (exact) mass is 226 g/mol. The highest BCUT2D eigenvalue weighted by atomic mass is 32.2. The molecule has 0 aromatic heterocycles. The van der Waals surface area contributed by atoms with Gasteiger partial charge < -0.3 is 9.84 Å². The Labute approximate surface area is 93.4 Å². The highest BCUT2D eigenvalue weighted by Gasteiger charge is 2.06. The van der Waals surface area contributed by atoms with Crippen LogP contribution in [-0.4, -0.2) is 23.9 Å². The SMILES string of the molecule is COc1cc(C)c(SCC(=O)O)cc1C. The van der Waals surface area contributed by atoms with Gasteiger partial charge in [-0.15, -0.1) is 11.8 Å². The number of carboxylic acids is 1. The van der Waals surface area contributed by atoms with E-state index in [2.05, 4.69) is 0 Å². The van der Waals surface area contributed by atoms with E-state index in [1.165, 1.54) is 11.8 Å². The summed E-state index contributed by atoms with van der Waals surface area (Å²) >= 11 is 1.33. The molecule has 0 aliphatic carbocycles. The summed E-state index contributed by atoms with van der Waals surface area (Å²) in [5, 5.41) is 8.59. The van der Waals surface area contributed by atoms with Gasteiger partial charge in [-0.05, 0) is 37.1 Å². The number of carbonyl (C=O) groups is 1. The number of ether oxygens (including phenoxy) is 1. The molecule has 0 saturated heterocycles. The number of hydrogen-bond acceptors (Lipinski definition) is 3. The molecule has 82 valence electrons. The van der Waals surface area contributed by atoms with Crippen LogP contribution >= 0.6 is 11.8 Å². The van der Waals surface area contributed by atoms with Crippen molar-refractivity contribution in [1.82, 2.24) is 0 Å². The Morgan fingerprint density at radius 2 is 2.07 bits per heavy atom. The van der Waals surface area contributed by atoms with Crippen molar-refractivity contribution in [2.24, 2.45) is 0 Å². The number of aliphatic carboxylic acids is 1. The van der Waals surface area contributed by atoms with Crippen LogP contribution in [0.2, 0.25) is 0 Å². The standard InChI is InChI=1S/C11H14O3S/c1-7-5-10(15-6-11(12)13)8(2)4-9(7)14-3/h4-5H,6H2,1-3H3,(H,12,13). The van der Waals surface area contributed by atoms with E-state index in [0.29, 0.717) is 0 Å². The largest absolute Gasteiger partial charge is 0.496 e. The molecular weight excluding hydrogens is 212 g/mol. The van der Waals surface area contributed by atoms with Gasteiger partial charge in [0.15, 0.2) is 0 Å². The molecule has 3 nitrogen and oxygen atoms in total. The average Bonchev–Trinajstić information content (AvgIpc) is 2.18. The normalized spacial score (nSPS) is 10.1. The zero-order valence-electron chi connectivity index (χ0n) is 9.03. The van der Waals surface area contributed by atoms with Gasteiger partial charge in [-0.1, -0.05) is 0 Å². The summed E-state index contributed by atoms with van der Waals surface area (Å²) in [7, 11) is 1.63. The topological polar surface area (TPSA) is 46.5 Å². The van der Waals surface area contributed by atoms with Gasteiger partial charge in [0.25, 0.3) is 0 Å². The summed E-state index contributed by atoms with van der Waals surface area (Å²) in [5.41, 5.74) is 2.07. The Morgan fingerprint density at radius 3 is 2.60 bits per heavy atom. The molecule has 0 saturated carbocycles.